The number of hydrogen-bond acceptors (Lipinski definition) is 5. The van der Waals surface area contributed by atoms with Crippen molar-refractivity contribution in [3.8, 4) is 0 Å². The van der Waals surface area contributed by atoms with Gasteiger partial charge in [0.15, 0.2) is 5.82 Å². The van der Waals surface area contributed by atoms with Crippen LogP contribution in [-0.2, 0) is 0 Å². The summed E-state index contributed by atoms with van der Waals surface area (Å²) in [6.45, 7) is 1.12. The summed E-state index contributed by atoms with van der Waals surface area (Å²) in [5.41, 5.74) is 11.3. The van der Waals surface area contributed by atoms with E-state index in [4.69, 9.17) is 23.1 Å². The van der Waals surface area contributed by atoms with E-state index in [0.29, 0.717) is 24.6 Å². The van der Waals surface area contributed by atoms with Gasteiger partial charge in [0.2, 0.25) is 5.28 Å². The lowest BCUT2D eigenvalue weighted by molar-refractivity contribution is 1.01. The Balaban J connectivity index is 2.75. The van der Waals surface area contributed by atoms with Gasteiger partial charge < -0.3 is 16.8 Å². The molecule has 0 unspecified atom stereocenters. The van der Waals surface area contributed by atoms with E-state index < -0.39 is 0 Å². The topological polar surface area (TPSA) is 89.8 Å². The second-order valence-electron chi connectivity index (χ2n) is 2.16. The zero-order valence-electron chi connectivity index (χ0n) is 6.42. The first-order chi connectivity index (χ1) is 5.74. The van der Waals surface area contributed by atoms with Gasteiger partial charge in [-0.15, -0.1) is 0 Å². The van der Waals surface area contributed by atoms with Crippen LogP contribution in [0.5, 0.6) is 0 Å². The van der Waals surface area contributed by atoms with Crippen LogP contribution in [0.4, 0.5) is 11.5 Å². The maximum atomic E-state index is 5.55. The summed E-state index contributed by atoms with van der Waals surface area (Å²) in [6, 6.07) is 0. The third-order valence-corrected chi connectivity index (χ3v) is 1.41. The van der Waals surface area contributed by atoms with Crippen LogP contribution >= 0.6 is 11.6 Å². The molecular weight excluding hydrogens is 178 g/mol. The van der Waals surface area contributed by atoms with Crippen LogP contribution in [0.2, 0.25) is 5.28 Å². The molecular formula is C6H10ClN5. The van der Waals surface area contributed by atoms with Crippen molar-refractivity contribution in [2.45, 2.75) is 0 Å². The van der Waals surface area contributed by atoms with Crippen molar-refractivity contribution in [3.05, 3.63) is 11.5 Å². The van der Waals surface area contributed by atoms with E-state index in [-0.39, 0.29) is 5.28 Å². The van der Waals surface area contributed by atoms with E-state index in [2.05, 4.69) is 15.3 Å². The zero-order valence-corrected chi connectivity index (χ0v) is 7.17. The predicted octanol–water partition coefficient (Wildman–Crippen LogP) is 0.0828. The Kier molecular flexibility index (Phi) is 3.07. The molecule has 66 valence electrons. The minimum atomic E-state index is 0.170. The molecule has 0 amide bonds. The third-order valence-electron chi connectivity index (χ3n) is 1.22. The van der Waals surface area contributed by atoms with Crippen molar-refractivity contribution in [1.82, 2.24) is 9.97 Å². The molecule has 0 aliphatic carbocycles. The van der Waals surface area contributed by atoms with E-state index in [0.717, 1.165) is 0 Å². The number of nitrogen functional groups attached to an aromatic ring is 1. The van der Waals surface area contributed by atoms with Crippen LogP contribution in [0.1, 0.15) is 0 Å². The highest BCUT2D eigenvalue weighted by molar-refractivity contribution is 6.28. The number of halogens is 1. The molecule has 1 aromatic heterocycles. The minimum absolute atomic E-state index is 0.170. The summed E-state index contributed by atoms with van der Waals surface area (Å²) < 4.78 is 0. The summed E-state index contributed by atoms with van der Waals surface area (Å²) in [4.78, 5) is 7.58. The maximum Gasteiger partial charge on any atom is 0.224 e. The number of hydrogen-bond donors (Lipinski definition) is 3. The van der Waals surface area contributed by atoms with Gasteiger partial charge in [0.25, 0.3) is 0 Å². The van der Waals surface area contributed by atoms with Gasteiger partial charge in [-0.25, -0.2) is 4.98 Å². The lowest BCUT2D eigenvalue weighted by Gasteiger charge is -2.05. The highest BCUT2D eigenvalue weighted by atomic mass is 35.5. The SMILES string of the molecule is NCCNc1nc(Cl)ncc1N. The van der Waals surface area contributed by atoms with Crippen LogP contribution in [0.25, 0.3) is 0 Å². The van der Waals surface area contributed by atoms with Gasteiger partial charge in [-0.3, -0.25) is 0 Å². The van der Waals surface area contributed by atoms with Crippen LogP contribution in [0.15, 0.2) is 6.20 Å². The van der Waals surface area contributed by atoms with Crippen molar-refractivity contribution < 1.29 is 0 Å². The van der Waals surface area contributed by atoms with Gasteiger partial charge in [-0.05, 0) is 11.6 Å². The van der Waals surface area contributed by atoms with E-state index in [9.17, 15) is 0 Å². The van der Waals surface area contributed by atoms with E-state index in [1.165, 1.54) is 6.20 Å². The summed E-state index contributed by atoms with van der Waals surface area (Å²) in [5, 5.41) is 3.09. The zero-order chi connectivity index (χ0) is 8.97. The molecule has 1 rings (SSSR count). The number of nitrogens with two attached hydrogens (primary N) is 2. The monoisotopic (exact) mass is 187 g/mol. The quantitative estimate of drug-likeness (QED) is 0.584. The summed E-state index contributed by atoms with van der Waals surface area (Å²) in [5.74, 6) is 0.528. The van der Waals surface area contributed by atoms with Gasteiger partial charge in [0, 0.05) is 13.1 Å². The molecule has 0 aliphatic heterocycles. The lowest BCUT2D eigenvalue weighted by Crippen LogP contribution is -2.15. The summed E-state index contributed by atoms with van der Waals surface area (Å²) >= 11 is 5.55. The highest BCUT2D eigenvalue weighted by Gasteiger charge is 2.00. The second kappa shape index (κ2) is 4.08. The Morgan fingerprint density at radius 2 is 2.33 bits per heavy atom. The fourth-order valence-electron chi connectivity index (χ4n) is 0.702. The van der Waals surface area contributed by atoms with Crippen LogP contribution in [-0.4, -0.2) is 23.1 Å². The number of nitrogens with one attached hydrogen (secondary N) is 1. The Morgan fingerprint density at radius 3 is 3.00 bits per heavy atom. The van der Waals surface area contributed by atoms with Gasteiger partial charge in [0.05, 0.1) is 11.9 Å². The maximum absolute atomic E-state index is 5.55. The fourth-order valence-corrected chi connectivity index (χ4v) is 0.835. The summed E-state index contributed by atoms with van der Waals surface area (Å²) in [6.07, 6.45) is 1.45. The molecule has 5 N–H and O–H groups in total. The van der Waals surface area contributed by atoms with Crippen LogP contribution < -0.4 is 16.8 Å². The summed E-state index contributed by atoms with van der Waals surface area (Å²) in [7, 11) is 0. The molecule has 1 aromatic rings. The Labute approximate surface area is 75.1 Å². The molecule has 0 saturated heterocycles. The van der Waals surface area contributed by atoms with E-state index in [1.807, 2.05) is 0 Å². The first-order valence-electron chi connectivity index (χ1n) is 3.46. The molecule has 0 aliphatic rings. The van der Waals surface area contributed by atoms with E-state index >= 15 is 0 Å². The van der Waals surface area contributed by atoms with Gasteiger partial charge >= 0.3 is 0 Å². The van der Waals surface area contributed by atoms with Crippen molar-refractivity contribution in [3.63, 3.8) is 0 Å². The molecule has 0 atom stereocenters. The molecule has 12 heavy (non-hydrogen) atoms. The Morgan fingerprint density at radius 1 is 1.58 bits per heavy atom. The minimum Gasteiger partial charge on any atom is -0.394 e. The largest absolute Gasteiger partial charge is 0.394 e. The fraction of sp³-hybridized carbons (Fsp3) is 0.333. The molecule has 5 nitrogen and oxygen atoms in total. The van der Waals surface area contributed by atoms with Crippen molar-refractivity contribution >= 4 is 23.1 Å². The van der Waals surface area contributed by atoms with Gasteiger partial charge in [-0.2, -0.15) is 4.98 Å². The number of nitrogens with zero attached hydrogens (tertiary/aromatic N) is 2. The smallest absolute Gasteiger partial charge is 0.224 e. The average Bonchev–Trinajstić information content (AvgIpc) is 2.07. The predicted molar refractivity (Wildman–Crippen MR) is 49.0 cm³/mol. The lowest BCUT2D eigenvalue weighted by atomic mass is 10.5. The molecule has 0 bridgehead atoms. The van der Waals surface area contributed by atoms with Gasteiger partial charge in [0.1, 0.15) is 0 Å². The molecule has 1 heterocycles. The highest BCUT2D eigenvalue weighted by Crippen LogP contribution is 2.14. The standard InChI is InChI=1S/C6H10ClN5/c7-6-11-3-4(9)5(12-6)10-2-1-8/h3H,1-2,8-9H2,(H,10,11,12). The van der Waals surface area contributed by atoms with Crippen LogP contribution in [0.3, 0.4) is 0 Å². The van der Waals surface area contributed by atoms with Crippen LogP contribution in [0, 0.1) is 0 Å². The number of anilines is 2. The average molecular weight is 188 g/mol. The van der Waals surface area contributed by atoms with Crippen molar-refractivity contribution in [2.24, 2.45) is 5.73 Å². The molecule has 6 heteroatoms. The number of aromatic nitrogens is 2. The number of rotatable bonds is 3. The Bertz CT molecular complexity index is 264. The normalized spacial score (nSPS) is 9.83. The molecule has 0 fully saturated rings. The van der Waals surface area contributed by atoms with Crippen molar-refractivity contribution in [2.75, 3.05) is 24.1 Å². The van der Waals surface area contributed by atoms with Gasteiger partial charge in [-0.1, -0.05) is 0 Å². The second-order valence-corrected chi connectivity index (χ2v) is 2.50. The van der Waals surface area contributed by atoms with Crippen molar-refractivity contribution in [1.29, 1.82) is 0 Å². The third kappa shape index (κ3) is 2.21. The van der Waals surface area contributed by atoms with E-state index in [1.54, 1.807) is 0 Å². The first-order valence-corrected chi connectivity index (χ1v) is 3.84. The molecule has 0 radical (unpaired) electrons. The molecule has 0 saturated carbocycles. The molecule has 0 aromatic carbocycles. The Hall–Kier alpha value is -1.07. The first kappa shape index (κ1) is 9.02. The molecule has 0 spiro atoms.